The lowest BCUT2D eigenvalue weighted by atomic mass is 10.1. The van der Waals surface area contributed by atoms with Crippen molar-refractivity contribution in [3.8, 4) is 23.3 Å². The maximum absolute atomic E-state index is 13.8. The van der Waals surface area contributed by atoms with Crippen LogP contribution in [0, 0.1) is 0 Å². The summed E-state index contributed by atoms with van der Waals surface area (Å²) < 4.78 is 43.9. The van der Waals surface area contributed by atoms with Gasteiger partial charge in [0, 0.05) is 65.4 Å². The lowest BCUT2D eigenvalue weighted by Crippen LogP contribution is -2.48. The summed E-state index contributed by atoms with van der Waals surface area (Å²) in [7, 11) is 0. The summed E-state index contributed by atoms with van der Waals surface area (Å²) in [5.41, 5.74) is -1.12. The molecule has 4 rings (SSSR count). The van der Waals surface area contributed by atoms with Gasteiger partial charge in [0.1, 0.15) is 58.0 Å². The van der Waals surface area contributed by atoms with E-state index in [9.17, 15) is 14.4 Å². The zero-order valence-electron chi connectivity index (χ0n) is 47.1. The smallest absolute Gasteiger partial charge is 0.338 e. The minimum atomic E-state index is -0.674. The molecule has 2 aromatic carbocycles. The van der Waals surface area contributed by atoms with Crippen molar-refractivity contribution >= 4 is 17.9 Å². The Labute approximate surface area is 431 Å². The average molecular weight is 1010 g/mol. The monoisotopic (exact) mass is 1000 g/mol. The number of hydrogen-bond acceptors (Lipinski definition) is 16. The number of rotatable bonds is 15. The molecule has 0 amide bonds. The molecule has 0 radical (unpaired) electrons. The van der Waals surface area contributed by atoms with Crippen molar-refractivity contribution in [1.82, 2.24) is 29.6 Å². The van der Waals surface area contributed by atoms with Crippen LogP contribution in [-0.4, -0.2) is 147 Å². The molecule has 0 unspecified atom stereocenters. The maximum Gasteiger partial charge on any atom is 0.338 e. The van der Waals surface area contributed by atoms with E-state index >= 15 is 0 Å². The molecule has 0 atom stereocenters. The second-order valence-corrected chi connectivity index (χ2v) is 24.6. The third-order valence-electron chi connectivity index (χ3n) is 10.4. The predicted octanol–water partition coefficient (Wildman–Crippen LogP) is 9.15. The van der Waals surface area contributed by atoms with Gasteiger partial charge in [0.25, 0.3) is 0 Å². The van der Waals surface area contributed by atoms with Crippen molar-refractivity contribution < 1.29 is 47.5 Å². The van der Waals surface area contributed by atoms with Crippen molar-refractivity contribution in [1.29, 1.82) is 0 Å². The maximum atomic E-state index is 13.8. The number of carbonyl (C=O) groups excluding carboxylic acids is 3. The number of benzene rings is 2. The zero-order chi connectivity index (χ0) is 53.9. The van der Waals surface area contributed by atoms with Gasteiger partial charge >= 0.3 is 17.9 Å². The van der Waals surface area contributed by atoms with E-state index in [1.165, 1.54) is 6.33 Å². The summed E-state index contributed by atoms with van der Waals surface area (Å²) in [5, 5.41) is 0. The van der Waals surface area contributed by atoms with Crippen molar-refractivity contribution in [2.24, 2.45) is 0 Å². The highest BCUT2D eigenvalue weighted by Gasteiger charge is 2.30. The van der Waals surface area contributed by atoms with E-state index in [0.29, 0.717) is 99.8 Å². The van der Waals surface area contributed by atoms with Crippen LogP contribution in [0.25, 0.3) is 0 Å². The molecule has 72 heavy (non-hydrogen) atoms. The zero-order valence-corrected chi connectivity index (χ0v) is 47.1. The average Bonchev–Trinajstić information content (AvgIpc) is 3.19. The number of aromatic nitrogens is 2. The molecule has 1 fully saturated rings. The van der Waals surface area contributed by atoms with Crippen LogP contribution in [0.2, 0.25) is 0 Å². The molecule has 16 heteroatoms. The summed E-state index contributed by atoms with van der Waals surface area (Å²) >= 11 is 0. The van der Waals surface area contributed by atoms with Crippen LogP contribution in [0.1, 0.15) is 152 Å². The normalized spacial score (nSPS) is 16.0. The molecule has 0 aliphatic carbocycles. The molecule has 1 saturated heterocycles. The van der Waals surface area contributed by atoms with Crippen LogP contribution in [-0.2, 0) is 43.5 Å². The van der Waals surface area contributed by atoms with Gasteiger partial charge in [-0.2, -0.15) is 0 Å². The third-order valence-corrected chi connectivity index (χ3v) is 10.4. The first-order valence-electron chi connectivity index (χ1n) is 25.4. The van der Waals surface area contributed by atoms with Crippen LogP contribution in [0.3, 0.4) is 0 Å². The molecule has 402 valence electrons. The predicted molar refractivity (Wildman–Crippen MR) is 281 cm³/mol. The highest BCUT2D eigenvalue weighted by atomic mass is 16.6. The lowest BCUT2D eigenvalue weighted by Gasteiger charge is -2.35. The largest absolute Gasteiger partial charge is 0.488 e. The molecule has 0 spiro atoms. The van der Waals surface area contributed by atoms with E-state index in [-0.39, 0.29) is 31.6 Å². The van der Waals surface area contributed by atoms with Crippen LogP contribution >= 0.6 is 0 Å². The van der Waals surface area contributed by atoms with Gasteiger partial charge in [-0.15, -0.1) is 0 Å². The van der Waals surface area contributed by atoms with E-state index < -0.39 is 39.6 Å². The molecule has 16 nitrogen and oxygen atoms in total. The van der Waals surface area contributed by atoms with Gasteiger partial charge in [-0.25, -0.2) is 14.8 Å². The number of carbonyl (C=O) groups is 3. The van der Waals surface area contributed by atoms with E-state index in [1.54, 1.807) is 12.1 Å². The molecule has 1 aliphatic rings. The van der Waals surface area contributed by atoms with Gasteiger partial charge in [0.15, 0.2) is 0 Å². The second-order valence-electron chi connectivity index (χ2n) is 24.6. The Balaban J connectivity index is 1.81. The van der Waals surface area contributed by atoms with Crippen molar-refractivity contribution in [3.63, 3.8) is 0 Å². The number of nitrogens with zero attached hydrogens (tertiary/aromatic N) is 6. The van der Waals surface area contributed by atoms with Crippen LogP contribution in [0.5, 0.6) is 23.3 Å². The van der Waals surface area contributed by atoms with Crippen LogP contribution in [0.15, 0.2) is 48.8 Å². The second kappa shape index (κ2) is 24.8. The standard InChI is InChI=1S/C56H88N6O10/c1-51(2,3)67-44-32-41(50(65)66-38-40-22-20-19-21-23-40)33-45(68-52(4,5)6)42(44)34-59-24-28-61(36-46(63)69-53(7,8)9)30-26-60(27-31-62(29-25-59)37-47(64)70-54(10,11)12)35-43-48(71-55(13,14)15)57-39-58-49(43)72-56(16,17)18/h19-23,32-33,39H,24-31,34-38H2,1-18H3. The molecule has 2 heterocycles. The fourth-order valence-corrected chi connectivity index (χ4v) is 7.59. The molecule has 0 bridgehead atoms. The molecule has 1 aromatic heterocycles. The summed E-state index contributed by atoms with van der Waals surface area (Å²) in [6, 6.07) is 13.0. The van der Waals surface area contributed by atoms with Gasteiger partial charge < -0.3 is 33.2 Å². The summed E-state index contributed by atoms with van der Waals surface area (Å²) in [5.74, 6) is 0.672. The number of esters is 3. The van der Waals surface area contributed by atoms with Gasteiger partial charge in [-0.1, -0.05) is 30.3 Å². The summed E-state index contributed by atoms with van der Waals surface area (Å²) in [4.78, 5) is 59.1. The summed E-state index contributed by atoms with van der Waals surface area (Å²) in [6.45, 7) is 39.8. The van der Waals surface area contributed by atoms with Crippen LogP contribution < -0.4 is 18.9 Å². The van der Waals surface area contributed by atoms with E-state index in [4.69, 9.17) is 33.2 Å². The molecule has 1 aliphatic heterocycles. The Kier molecular flexibility index (Phi) is 20.5. The molecular formula is C56H88N6O10. The first kappa shape index (κ1) is 59.5. The quantitative estimate of drug-likeness (QED) is 0.105. The molecule has 0 saturated carbocycles. The minimum Gasteiger partial charge on any atom is -0.488 e. The van der Waals surface area contributed by atoms with E-state index in [1.807, 2.05) is 155 Å². The highest BCUT2D eigenvalue weighted by Crippen LogP contribution is 2.37. The van der Waals surface area contributed by atoms with Gasteiger partial charge in [-0.05, 0) is 142 Å². The van der Waals surface area contributed by atoms with Gasteiger partial charge in [-0.3, -0.25) is 29.2 Å². The molecular weight excluding hydrogens is 917 g/mol. The first-order chi connectivity index (χ1) is 33.1. The van der Waals surface area contributed by atoms with Crippen molar-refractivity contribution in [2.45, 2.75) is 178 Å². The van der Waals surface area contributed by atoms with Gasteiger partial charge in [0.05, 0.1) is 29.8 Å². The fourth-order valence-electron chi connectivity index (χ4n) is 7.59. The highest BCUT2D eigenvalue weighted by molar-refractivity contribution is 5.91. The Bertz CT molecular complexity index is 2110. The van der Waals surface area contributed by atoms with Gasteiger partial charge in [0.2, 0.25) is 11.8 Å². The van der Waals surface area contributed by atoms with Crippen molar-refractivity contribution in [2.75, 3.05) is 65.4 Å². The Morgan fingerprint density at radius 3 is 1.19 bits per heavy atom. The number of ether oxygens (including phenoxy) is 7. The Morgan fingerprint density at radius 1 is 0.472 bits per heavy atom. The number of hydrogen-bond donors (Lipinski definition) is 0. The molecule has 3 aromatic rings. The fraction of sp³-hybridized carbons (Fsp3) is 0.661. The first-order valence-corrected chi connectivity index (χ1v) is 25.4. The SMILES string of the molecule is CC(C)(C)OC(=O)CN1CCN(Cc2c(OC(C)(C)C)cc(C(=O)OCc3ccccc3)cc2OC(C)(C)C)CCN(CC(=O)OC(C)(C)C)CCN(Cc2c(OC(C)(C)C)ncnc2OC(C)(C)C)CC1. The van der Waals surface area contributed by atoms with Crippen molar-refractivity contribution in [3.05, 3.63) is 71.0 Å². The lowest BCUT2D eigenvalue weighted by molar-refractivity contribution is -0.157. The minimum absolute atomic E-state index is 0.0610. The topological polar surface area (TPSA) is 155 Å². The molecule has 0 N–H and O–H groups in total. The Morgan fingerprint density at radius 2 is 0.833 bits per heavy atom. The van der Waals surface area contributed by atoms with Crippen LogP contribution in [0.4, 0.5) is 0 Å². The Hall–Kier alpha value is -5.03. The van der Waals surface area contributed by atoms with E-state index in [2.05, 4.69) is 29.6 Å². The third kappa shape index (κ3) is 22.8. The van der Waals surface area contributed by atoms with E-state index in [0.717, 1.165) is 11.1 Å². The summed E-state index contributed by atoms with van der Waals surface area (Å²) in [6.07, 6.45) is 1.46.